The molecule has 0 bridgehead atoms. The van der Waals surface area contributed by atoms with E-state index in [-0.39, 0.29) is 6.04 Å². The van der Waals surface area contributed by atoms with Gasteiger partial charge in [0, 0.05) is 28.1 Å². The molecule has 2 aromatic rings. The average Bonchev–Trinajstić information content (AvgIpc) is 2.80. The summed E-state index contributed by atoms with van der Waals surface area (Å²) in [6, 6.07) is 5.23. The topological polar surface area (TPSA) is 50.9 Å². The van der Waals surface area contributed by atoms with Gasteiger partial charge in [0.15, 0.2) is 0 Å². The third-order valence-electron chi connectivity index (χ3n) is 2.83. The molecule has 0 saturated carbocycles. The SMILES string of the molecule is CC(C)n1ncnc1CC(O)c1cc(Cl)ccc1Cl. The minimum atomic E-state index is -0.757. The van der Waals surface area contributed by atoms with Crippen molar-refractivity contribution in [3.05, 3.63) is 46.0 Å². The Morgan fingerprint density at radius 1 is 1.32 bits per heavy atom. The minimum Gasteiger partial charge on any atom is -0.388 e. The molecule has 0 radical (unpaired) electrons. The Morgan fingerprint density at radius 2 is 2.05 bits per heavy atom. The van der Waals surface area contributed by atoms with Crippen LogP contribution in [0.5, 0.6) is 0 Å². The maximum absolute atomic E-state index is 10.3. The average molecular weight is 300 g/mol. The van der Waals surface area contributed by atoms with Gasteiger partial charge in [-0.05, 0) is 32.0 Å². The van der Waals surface area contributed by atoms with E-state index in [0.29, 0.717) is 22.0 Å². The molecular formula is C13H15Cl2N3O. The van der Waals surface area contributed by atoms with Crippen LogP contribution in [0.25, 0.3) is 0 Å². The summed E-state index contributed by atoms with van der Waals surface area (Å²) >= 11 is 12.0. The fourth-order valence-electron chi connectivity index (χ4n) is 1.90. The van der Waals surface area contributed by atoms with Crippen LogP contribution in [-0.4, -0.2) is 19.9 Å². The number of nitrogens with zero attached hydrogens (tertiary/aromatic N) is 3. The van der Waals surface area contributed by atoms with Crippen molar-refractivity contribution in [1.29, 1.82) is 0 Å². The van der Waals surface area contributed by atoms with E-state index in [1.807, 2.05) is 13.8 Å². The van der Waals surface area contributed by atoms with Crippen LogP contribution in [-0.2, 0) is 6.42 Å². The highest BCUT2D eigenvalue weighted by Crippen LogP contribution is 2.28. The molecule has 1 aromatic carbocycles. The summed E-state index contributed by atoms with van der Waals surface area (Å²) < 4.78 is 1.78. The zero-order chi connectivity index (χ0) is 14.0. The van der Waals surface area contributed by atoms with Crippen molar-refractivity contribution < 1.29 is 5.11 Å². The molecule has 0 aliphatic carbocycles. The van der Waals surface area contributed by atoms with E-state index in [0.717, 1.165) is 5.82 Å². The third-order valence-corrected chi connectivity index (χ3v) is 3.41. The lowest BCUT2D eigenvalue weighted by molar-refractivity contribution is 0.173. The molecular weight excluding hydrogens is 285 g/mol. The number of aliphatic hydroxyl groups is 1. The maximum Gasteiger partial charge on any atom is 0.138 e. The van der Waals surface area contributed by atoms with Crippen molar-refractivity contribution >= 4 is 23.2 Å². The van der Waals surface area contributed by atoms with Crippen molar-refractivity contribution in [3.8, 4) is 0 Å². The van der Waals surface area contributed by atoms with Gasteiger partial charge in [-0.25, -0.2) is 9.67 Å². The monoisotopic (exact) mass is 299 g/mol. The van der Waals surface area contributed by atoms with Crippen molar-refractivity contribution in [2.45, 2.75) is 32.4 Å². The first-order chi connectivity index (χ1) is 8.99. The zero-order valence-electron chi connectivity index (χ0n) is 10.7. The molecule has 1 N–H and O–H groups in total. The normalized spacial score (nSPS) is 12.9. The second kappa shape index (κ2) is 5.90. The van der Waals surface area contributed by atoms with Crippen LogP contribution in [0.4, 0.5) is 0 Å². The quantitative estimate of drug-likeness (QED) is 0.941. The number of hydrogen-bond donors (Lipinski definition) is 1. The Labute approximate surface area is 122 Å². The van der Waals surface area contributed by atoms with Gasteiger partial charge in [-0.3, -0.25) is 0 Å². The number of hydrogen-bond acceptors (Lipinski definition) is 3. The highest BCUT2D eigenvalue weighted by atomic mass is 35.5. The molecule has 1 atom stereocenters. The first-order valence-corrected chi connectivity index (χ1v) is 6.76. The summed E-state index contributed by atoms with van der Waals surface area (Å²) in [5.74, 6) is 0.721. The van der Waals surface area contributed by atoms with Crippen LogP contribution in [0, 0.1) is 0 Å². The molecule has 1 heterocycles. The van der Waals surface area contributed by atoms with Crippen molar-refractivity contribution in [2.75, 3.05) is 0 Å². The summed E-state index contributed by atoms with van der Waals surface area (Å²) in [6.07, 6.45) is 1.08. The lowest BCUT2D eigenvalue weighted by atomic mass is 10.1. The molecule has 2 rings (SSSR count). The Bertz CT molecular complexity index is 569. The lowest BCUT2D eigenvalue weighted by Crippen LogP contribution is -2.12. The van der Waals surface area contributed by atoms with E-state index >= 15 is 0 Å². The van der Waals surface area contributed by atoms with E-state index in [2.05, 4.69) is 10.1 Å². The Morgan fingerprint density at radius 3 is 2.74 bits per heavy atom. The van der Waals surface area contributed by atoms with Gasteiger partial charge in [0.05, 0.1) is 6.10 Å². The van der Waals surface area contributed by atoms with Crippen LogP contribution >= 0.6 is 23.2 Å². The molecule has 0 spiro atoms. The predicted molar refractivity (Wildman–Crippen MR) is 75.5 cm³/mol. The standard InChI is InChI=1S/C13H15Cl2N3O/c1-8(2)18-13(16-7-17-18)6-12(19)10-5-9(14)3-4-11(10)15/h3-5,7-8,12,19H,6H2,1-2H3. The summed E-state index contributed by atoms with van der Waals surface area (Å²) in [7, 11) is 0. The first kappa shape index (κ1) is 14.3. The maximum atomic E-state index is 10.3. The van der Waals surface area contributed by atoms with Gasteiger partial charge in [-0.2, -0.15) is 5.10 Å². The van der Waals surface area contributed by atoms with Crippen molar-refractivity contribution in [2.24, 2.45) is 0 Å². The number of aromatic nitrogens is 3. The molecule has 1 aromatic heterocycles. The van der Waals surface area contributed by atoms with Crippen LogP contribution in [0.15, 0.2) is 24.5 Å². The molecule has 19 heavy (non-hydrogen) atoms. The smallest absolute Gasteiger partial charge is 0.138 e. The predicted octanol–water partition coefficient (Wildman–Crippen LogP) is 3.44. The molecule has 102 valence electrons. The van der Waals surface area contributed by atoms with Gasteiger partial charge in [-0.1, -0.05) is 23.2 Å². The highest BCUT2D eigenvalue weighted by Gasteiger charge is 2.17. The second-order valence-electron chi connectivity index (χ2n) is 4.60. The van der Waals surface area contributed by atoms with Crippen LogP contribution in [0.1, 0.15) is 37.4 Å². The van der Waals surface area contributed by atoms with Crippen molar-refractivity contribution in [1.82, 2.24) is 14.8 Å². The number of rotatable bonds is 4. The van der Waals surface area contributed by atoms with E-state index in [4.69, 9.17) is 23.2 Å². The van der Waals surface area contributed by atoms with Gasteiger partial charge in [0.25, 0.3) is 0 Å². The molecule has 6 heteroatoms. The number of benzene rings is 1. The van der Waals surface area contributed by atoms with Gasteiger partial charge in [-0.15, -0.1) is 0 Å². The molecule has 0 amide bonds. The van der Waals surface area contributed by atoms with Crippen LogP contribution in [0.2, 0.25) is 10.0 Å². The largest absolute Gasteiger partial charge is 0.388 e. The van der Waals surface area contributed by atoms with Gasteiger partial charge in [0.1, 0.15) is 12.2 Å². The summed E-state index contributed by atoms with van der Waals surface area (Å²) in [5.41, 5.74) is 0.604. The second-order valence-corrected chi connectivity index (χ2v) is 5.44. The Kier molecular flexibility index (Phi) is 4.45. The van der Waals surface area contributed by atoms with Gasteiger partial charge < -0.3 is 5.11 Å². The summed E-state index contributed by atoms with van der Waals surface area (Å²) in [4.78, 5) is 4.17. The lowest BCUT2D eigenvalue weighted by Gasteiger charge is -2.15. The highest BCUT2D eigenvalue weighted by molar-refractivity contribution is 6.33. The number of halogens is 2. The Balaban J connectivity index is 2.23. The minimum absolute atomic E-state index is 0.194. The fraction of sp³-hybridized carbons (Fsp3) is 0.385. The van der Waals surface area contributed by atoms with Gasteiger partial charge in [0.2, 0.25) is 0 Å². The Hall–Kier alpha value is -1.10. The molecule has 4 nitrogen and oxygen atoms in total. The van der Waals surface area contributed by atoms with Gasteiger partial charge >= 0.3 is 0 Å². The van der Waals surface area contributed by atoms with Crippen molar-refractivity contribution in [3.63, 3.8) is 0 Å². The third kappa shape index (κ3) is 3.26. The molecule has 0 fully saturated rings. The van der Waals surface area contributed by atoms with E-state index < -0.39 is 6.10 Å². The summed E-state index contributed by atoms with van der Waals surface area (Å²) in [5, 5.41) is 15.5. The van der Waals surface area contributed by atoms with E-state index in [1.54, 1.807) is 22.9 Å². The molecule has 0 saturated heterocycles. The van der Waals surface area contributed by atoms with Crippen LogP contribution < -0.4 is 0 Å². The molecule has 1 unspecified atom stereocenters. The zero-order valence-corrected chi connectivity index (χ0v) is 12.2. The number of aliphatic hydroxyl groups excluding tert-OH is 1. The fourth-order valence-corrected chi connectivity index (χ4v) is 2.33. The molecule has 0 aliphatic rings. The molecule has 0 aliphatic heterocycles. The van der Waals surface area contributed by atoms with E-state index in [1.165, 1.54) is 6.33 Å². The van der Waals surface area contributed by atoms with E-state index in [9.17, 15) is 5.11 Å². The summed E-state index contributed by atoms with van der Waals surface area (Å²) in [6.45, 7) is 4.02. The first-order valence-electron chi connectivity index (χ1n) is 6.00. The van der Waals surface area contributed by atoms with Crippen LogP contribution in [0.3, 0.4) is 0 Å².